The molecule has 0 radical (unpaired) electrons. The van der Waals surface area contributed by atoms with Crippen LogP contribution in [0.5, 0.6) is 0 Å². The van der Waals surface area contributed by atoms with Gasteiger partial charge in [-0.2, -0.15) is 16.7 Å². The number of nitrogen functional groups attached to an aromatic ring is 1. The summed E-state index contributed by atoms with van der Waals surface area (Å²) in [5.41, 5.74) is 2.40. The number of nitrogens with one attached hydrogen (secondary N) is 2. The van der Waals surface area contributed by atoms with Gasteiger partial charge in [0.15, 0.2) is 5.82 Å². The molecule has 2 heterocycles. The second kappa shape index (κ2) is 5.56. The smallest absolute Gasteiger partial charge is 0.239 e. The maximum absolute atomic E-state index is 5.98. The monoisotopic (exact) mass is 259 g/mol. The fourth-order valence-corrected chi connectivity index (χ4v) is 2.94. The predicted molar refractivity (Wildman–Crippen MR) is 68.8 cm³/mol. The van der Waals surface area contributed by atoms with Crippen LogP contribution in [0.15, 0.2) is 6.20 Å². The molecule has 16 heavy (non-hydrogen) atoms. The van der Waals surface area contributed by atoms with Crippen LogP contribution in [0.4, 0.5) is 11.8 Å². The molecule has 0 aliphatic carbocycles. The minimum atomic E-state index is 0.367. The van der Waals surface area contributed by atoms with Crippen LogP contribution in [0.2, 0.25) is 5.02 Å². The summed E-state index contributed by atoms with van der Waals surface area (Å²) in [6, 6.07) is 0. The molecule has 7 heteroatoms. The van der Waals surface area contributed by atoms with Crippen LogP contribution in [0.25, 0.3) is 0 Å². The highest BCUT2D eigenvalue weighted by atomic mass is 35.5. The van der Waals surface area contributed by atoms with E-state index >= 15 is 0 Å². The molecule has 5 nitrogen and oxygen atoms in total. The standard InChI is InChI=1S/C9H14ClN5S/c10-7-5-13-9(15-11)14-8(7)12-4-6-2-1-3-16-6/h5-6H,1-4,11H2,(H2,12,13,14,15). The van der Waals surface area contributed by atoms with E-state index in [0.717, 1.165) is 6.54 Å². The third kappa shape index (κ3) is 2.90. The average Bonchev–Trinajstić information content (AvgIpc) is 2.81. The molecule has 0 aromatic carbocycles. The maximum Gasteiger partial charge on any atom is 0.239 e. The summed E-state index contributed by atoms with van der Waals surface area (Å²) in [5.74, 6) is 7.49. The molecule has 0 saturated carbocycles. The number of nitrogens with zero attached hydrogens (tertiary/aromatic N) is 2. The molecular formula is C9H14ClN5S. The van der Waals surface area contributed by atoms with Crippen LogP contribution in [0.1, 0.15) is 12.8 Å². The van der Waals surface area contributed by atoms with Gasteiger partial charge in [-0.05, 0) is 18.6 Å². The number of aromatic nitrogens is 2. The molecule has 4 N–H and O–H groups in total. The second-order valence-corrected chi connectivity index (χ2v) is 5.37. The van der Waals surface area contributed by atoms with Gasteiger partial charge in [0.05, 0.1) is 6.20 Å². The Hall–Kier alpha value is -0.720. The van der Waals surface area contributed by atoms with E-state index in [0.29, 0.717) is 22.0 Å². The summed E-state index contributed by atoms with van der Waals surface area (Å²) < 4.78 is 0. The van der Waals surface area contributed by atoms with E-state index in [9.17, 15) is 0 Å². The van der Waals surface area contributed by atoms with Gasteiger partial charge >= 0.3 is 0 Å². The molecule has 1 atom stereocenters. The topological polar surface area (TPSA) is 75.9 Å². The Labute approximate surface area is 104 Å². The first-order chi connectivity index (χ1) is 7.79. The van der Waals surface area contributed by atoms with Crippen molar-refractivity contribution in [3.8, 4) is 0 Å². The predicted octanol–water partition coefficient (Wildman–Crippen LogP) is 1.72. The summed E-state index contributed by atoms with van der Waals surface area (Å²) in [4.78, 5) is 8.07. The van der Waals surface area contributed by atoms with Crippen LogP contribution in [0.3, 0.4) is 0 Å². The van der Waals surface area contributed by atoms with Crippen LogP contribution in [-0.4, -0.2) is 27.5 Å². The second-order valence-electron chi connectivity index (χ2n) is 3.55. The number of thioether (sulfide) groups is 1. The lowest BCUT2D eigenvalue weighted by atomic mass is 10.2. The zero-order chi connectivity index (χ0) is 11.4. The highest BCUT2D eigenvalue weighted by molar-refractivity contribution is 8.00. The number of anilines is 2. The van der Waals surface area contributed by atoms with E-state index in [-0.39, 0.29) is 0 Å². The van der Waals surface area contributed by atoms with Crippen molar-refractivity contribution in [3.05, 3.63) is 11.2 Å². The summed E-state index contributed by atoms with van der Waals surface area (Å²) in [5, 5.41) is 4.40. The highest BCUT2D eigenvalue weighted by Gasteiger charge is 2.16. The number of hydrogen-bond acceptors (Lipinski definition) is 6. The summed E-state index contributed by atoms with van der Waals surface area (Å²) in [6.45, 7) is 0.880. The largest absolute Gasteiger partial charge is 0.368 e. The highest BCUT2D eigenvalue weighted by Crippen LogP contribution is 2.27. The van der Waals surface area contributed by atoms with E-state index in [1.54, 1.807) is 0 Å². The first-order valence-corrected chi connectivity index (χ1v) is 6.57. The Morgan fingerprint density at radius 3 is 3.19 bits per heavy atom. The van der Waals surface area contributed by atoms with E-state index in [1.807, 2.05) is 11.8 Å². The Kier molecular flexibility index (Phi) is 4.09. The van der Waals surface area contributed by atoms with Gasteiger partial charge in [-0.15, -0.1) is 0 Å². The Morgan fingerprint density at radius 1 is 1.62 bits per heavy atom. The lowest BCUT2D eigenvalue weighted by molar-refractivity contribution is 0.803. The van der Waals surface area contributed by atoms with E-state index < -0.39 is 0 Å². The Morgan fingerprint density at radius 2 is 2.50 bits per heavy atom. The Bertz CT molecular complexity index is 356. The maximum atomic E-state index is 5.98. The van der Waals surface area contributed by atoms with Gasteiger partial charge in [-0.25, -0.2) is 10.8 Å². The molecule has 1 aliphatic rings. The van der Waals surface area contributed by atoms with Crippen molar-refractivity contribution in [2.45, 2.75) is 18.1 Å². The van der Waals surface area contributed by atoms with Gasteiger partial charge < -0.3 is 5.32 Å². The molecule has 1 aliphatic heterocycles. The average molecular weight is 260 g/mol. The molecule has 2 rings (SSSR count). The molecule has 1 aromatic rings. The fraction of sp³-hybridized carbons (Fsp3) is 0.556. The van der Waals surface area contributed by atoms with E-state index in [4.69, 9.17) is 17.4 Å². The molecule has 1 fully saturated rings. The number of rotatable bonds is 4. The summed E-state index contributed by atoms with van der Waals surface area (Å²) in [7, 11) is 0. The molecular weight excluding hydrogens is 246 g/mol. The van der Waals surface area contributed by atoms with Crippen molar-refractivity contribution >= 4 is 35.1 Å². The molecule has 1 aromatic heterocycles. The van der Waals surface area contributed by atoms with Gasteiger partial charge in [-0.3, -0.25) is 5.43 Å². The van der Waals surface area contributed by atoms with Gasteiger partial charge in [0.25, 0.3) is 0 Å². The van der Waals surface area contributed by atoms with Gasteiger partial charge in [-0.1, -0.05) is 11.6 Å². The third-order valence-corrected chi connectivity index (χ3v) is 4.07. The molecule has 88 valence electrons. The van der Waals surface area contributed by atoms with Crippen molar-refractivity contribution in [1.29, 1.82) is 0 Å². The zero-order valence-corrected chi connectivity index (χ0v) is 10.3. The van der Waals surface area contributed by atoms with Crippen molar-refractivity contribution in [2.24, 2.45) is 5.84 Å². The summed E-state index contributed by atoms with van der Waals surface area (Å²) >= 11 is 7.96. The number of halogens is 1. The van der Waals surface area contributed by atoms with Gasteiger partial charge in [0.1, 0.15) is 5.02 Å². The zero-order valence-electron chi connectivity index (χ0n) is 8.74. The van der Waals surface area contributed by atoms with Crippen LogP contribution < -0.4 is 16.6 Å². The van der Waals surface area contributed by atoms with Crippen molar-refractivity contribution in [3.63, 3.8) is 0 Å². The van der Waals surface area contributed by atoms with Crippen molar-refractivity contribution < 1.29 is 0 Å². The van der Waals surface area contributed by atoms with Crippen molar-refractivity contribution in [2.75, 3.05) is 23.0 Å². The minimum absolute atomic E-state index is 0.367. The van der Waals surface area contributed by atoms with Crippen molar-refractivity contribution in [1.82, 2.24) is 9.97 Å². The number of nitrogens with two attached hydrogens (primary N) is 1. The van der Waals surface area contributed by atoms with E-state index in [1.165, 1.54) is 24.8 Å². The molecule has 0 amide bonds. The minimum Gasteiger partial charge on any atom is -0.368 e. The lowest BCUT2D eigenvalue weighted by Crippen LogP contribution is -2.16. The number of hydrogen-bond donors (Lipinski definition) is 3. The van der Waals surface area contributed by atoms with Crippen LogP contribution in [-0.2, 0) is 0 Å². The first-order valence-electron chi connectivity index (χ1n) is 5.14. The molecule has 1 unspecified atom stereocenters. The number of hydrazine groups is 1. The van der Waals surface area contributed by atoms with Gasteiger partial charge in [0.2, 0.25) is 5.95 Å². The first kappa shape index (κ1) is 11.8. The normalized spacial score (nSPS) is 19.8. The third-order valence-electron chi connectivity index (χ3n) is 2.39. The van der Waals surface area contributed by atoms with Gasteiger partial charge in [0, 0.05) is 11.8 Å². The molecule has 0 spiro atoms. The molecule has 1 saturated heterocycles. The van der Waals surface area contributed by atoms with Crippen LogP contribution in [0, 0.1) is 0 Å². The quantitative estimate of drug-likeness (QED) is 0.565. The summed E-state index contributed by atoms with van der Waals surface area (Å²) in [6.07, 6.45) is 4.08. The molecule has 0 bridgehead atoms. The Balaban J connectivity index is 1.96. The fourth-order valence-electron chi connectivity index (χ4n) is 1.58. The lowest BCUT2D eigenvalue weighted by Gasteiger charge is -2.12. The van der Waals surface area contributed by atoms with E-state index in [2.05, 4.69) is 20.7 Å². The van der Waals surface area contributed by atoms with Crippen LogP contribution >= 0.6 is 23.4 Å². The SMILES string of the molecule is NNc1ncc(Cl)c(NCC2CCCS2)n1.